The van der Waals surface area contributed by atoms with E-state index in [2.05, 4.69) is 26.1 Å². The van der Waals surface area contributed by atoms with Gasteiger partial charge in [0.2, 0.25) is 5.91 Å². The summed E-state index contributed by atoms with van der Waals surface area (Å²) in [6.07, 6.45) is 23.1. The lowest BCUT2D eigenvalue weighted by Gasteiger charge is -2.40. The SMILES string of the molecule is CCCCCCCCCCCCCCCCCCCCC[C@@H](O)C(=O)N[C@@H](CO[C@@H]1O[C@H](CO)[C@H](O)[C@H](O)[C@H]1O)[C@H](O)[C@H](O)CCCCCCCCCCC(C)C. The van der Waals surface area contributed by atoms with Gasteiger partial charge in [0.1, 0.15) is 36.6 Å². The molecule has 0 saturated carbocycles. The van der Waals surface area contributed by atoms with Gasteiger partial charge in [-0.05, 0) is 18.8 Å². The van der Waals surface area contributed by atoms with Crippen LogP contribution >= 0.6 is 0 Å². The molecule has 1 heterocycles. The molecule has 1 fully saturated rings. The molecule has 9 atom stereocenters. The van der Waals surface area contributed by atoms with Crippen molar-refractivity contribution in [1.82, 2.24) is 5.32 Å². The zero-order valence-corrected chi connectivity index (χ0v) is 36.8. The highest BCUT2D eigenvalue weighted by Crippen LogP contribution is 2.23. The topological polar surface area (TPSA) is 189 Å². The molecular weight excluding hydrogens is 727 g/mol. The van der Waals surface area contributed by atoms with Crippen LogP contribution in [-0.4, -0.2) is 110 Å². The van der Waals surface area contributed by atoms with Crippen LogP contribution < -0.4 is 5.32 Å². The van der Waals surface area contributed by atoms with E-state index in [1.807, 2.05) is 0 Å². The Kier molecular flexibility index (Phi) is 34.0. The summed E-state index contributed by atoms with van der Waals surface area (Å²) < 4.78 is 11.1. The zero-order chi connectivity index (χ0) is 42.1. The summed E-state index contributed by atoms with van der Waals surface area (Å²) in [5, 5.41) is 75.6. The van der Waals surface area contributed by atoms with Gasteiger partial charge in [-0.3, -0.25) is 4.79 Å². The number of hydrogen-bond acceptors (Lipinski definition) is 10. The van der Waals surface area contributed by atoms with Crippen molar-refractivity contribution < 1.29 is 50.0 Å². The van der Waals surface area contributed by atoms with Gasteiger partial charge in [0.05, 0.1) is 25.4 Å². The highest BCUT2D eigenvalue weighted by molar-refractivity contribution is 5.80. The number of rotatable bonds is 39. The van der Waals surface area contributed by atoms with Gasteiger partial charge in [0.25, 0.3) is 0 Å². The first-order valence-corrected chi connectivity index (χ1v) is 23.8. The summed E-state index contributed by atoms with van der Waals surface area (Å²) in [6.45, 7) is 5.72. The summed E-state index contributed by atoms with van der Waals surface area (Å²) in [4.78, 5) is 13.1. The Balaban J connectivity index is 2.39. The number of nitrogens with one attached hydrogen (secondary N) is 1. The first kappa shape index (κ1) is 54.1. The molecule has 340 valence electrons. The van der Waals surface area contributed by atoms with Crippen molar-refractivity contribution in [1.29, 1.82) is 0 Å². The normalized spacial score (nSPS) is 22.1. The van der Waals surface area contributed by atoms with Gasteiger partial charge in [-0.1, -0.05) is 201 Å². The molecule has 8 N–H and O–H groups in total. The van der Waals surface area contributed by atoms with Crippen LogP contribution in [0.15, 0.2) is 0 Å². The summed E-state index contributed by atoms with van der Waals surface area (Å²) in [6, 6.07) is -1.16. The highest BCUT2D eigenvalue weighted by atomic mass is 16.7. The molecule has 0 bridgehead atoms. The smallest absolute Gasteiger partial charge is 0.249 e. The van der Waals surface area contributed by atoms with E-state index < -0.39 is 74.2 Å². The Labute approximate surface area is 348 Å². The summed E-state index contributed by atoms with van der Waals surface area (Å²) in [5.74, 6) is 0.0525. The van der Waals surface area contributed by atoms with Gasteiger partial charge in [0.15, 0.2) is 6.29 Å². The Morgan fingerprint density at radius 1 is 0.579 bits per heavy atom. The van der Waals surface area contributed by atoms with Crippen LogP contribution in [0.4, 0.5) is 0 Å². The molecule has 0 unspecified atom stereocenters. The van der Waals surface area contributed by atoms with Crippen LogP contribution in [0.5, 0.6) is 0 Å². The largest absolute Gasteiger partial charge is 0.394 e. The standard InChI is InChI=1S/C46H91NO10/c1-4-5-6-7-8-9-10-11-12-13-14-15-16-17-18-19-24-27-30-33-39(50)45(55)47-37(35-56-46-44(54)43(53)42(52)40(34-48)57-46)41(51)38(49)32-29-26-23-21-20-22-25-28-31-36(2)3/h36-44,46,48-54H,4-35H2,1-3H3,(H,47,55)/t37-,38+,39+,40+,41-,42-,43-,44+,46+/m0/s1. The van der Waals surface area contributed by atoms with Gasteiger partial charge in [-0.25, -0.2) is 0 Å². The van der Waals surface area contributed by atoms with E-state index in [0.29, 0.717) is 19.3 Å². The van der Waals surface area contributed by atoms with Crippen LogP contribution in [0, 0.1) is 5.92 Å². The zero-order valence-electron chi connectivity index (χ0n) is 36.8. The maximum Gasteiger partial charge on any atom is 0.249 e. The average Bonchev–Trinajstić information content (AvgIpc) is 3.20. The van der Waals surface area contributed by atoms with Crippen molar-refractivity contribution in [2.75, 3.05) is 13.2 Å². The van der Waals surface area contributed by atoms with Crippen LogP contribution in [0.3, 0.4) is 0 Å². The molecule has 11 heteroatoms. The second kappa shape index (κ2) is 35.8. The van der Waals surface area contributed by atoms with E-state index >= 15 is 0 Å². The molecule has 0 aromatic carbocycles. The highest BCUT2D eigenvalue weighted by Gasteiger charge is 2.44. The van der Waals surface area contributed by atoms with E-state index in [0.717, 1.165) is 44.4 Å². The molecule has 0 aromatic rings. The minimum atomic E-state index is -1.66. The lowest BCUT2D eigenvalue weighted by Crippen LogP contribution is -2.60. The van der Waals surface area contributed by atoms with Crippen LogP contribution in [-0.2, 0) is 14.3 Å². The maximum absolute atomic E-state index is 13.1. The molecule has 1 rings (SSSR count). The van der Waals surface area contributed by atoms with Crippen LogP contribution in [0.1, 0.15) is 213 Å². The third-order valence-corrected chi connectivity index (χ3v) is 11.8. The monoisotopic (exact) mass is 818 g/mol. The lowest BCUT2D eigenvalue weighted by atomic mass is 9.98. The second-order valence-corrected chi connectivity index (χ2v) is 17.7. The van der Waals surface area contributed by atoms with Crippen molar-refractivity contribution >= 4 is 5.91 Å². The quantitative estimate of drug-likeness (QED) is 0.0285. The number of amides is 1. The summed E-state index contributed by atoms with van der Waals surface area (Å²) in [5.41, 5.74) is 0. The molecular formula is C46H91NO10. The lowest BCUT2D eigenvalue weighted by molar-refractivity contribution is -0.303. The molecule has 1 saturated heterocycles. The molecule has 1 aliphatic heterocycles. The molecule has 1 aliphatic rings. The molecule has 57 heavy (non-hydrogen) atoms. The number of carbonyl (C=O) groups is 1. The van der Waals surface area contributed by atoms with Crippen LogP contribution in [0.2, 0.25) is 0 Å². The number of hydrogen-bond donors (Lipinski definition) is 8. The Hall–Kier alpha value is -0.890. The van der Waals surface area contributed by atoms with E-state index in [4.69, 9.17) is 9.47 Å². The molecule has 0 aromatic heterocycles. The summed E-state index contributed by atoms with van der Waals surface area (Å²) >= 11 is 0. The molecule has 0 aliphatic carbocycles. The first-order chi connectivity index (χ1) is 27.5. The number of carbonyl (C=O) groups excluding carboxylic acids is 1. The third kappa shape index (κ3) is 26.8. The fourth-order valence-electron chi connectivity index (χ4n) is 7.86. The predicted octanol–water partition coefficient (Wildman–Crippen LogP) is 7.75. The Morgan fingerprint density at radius 2 is 0.982 bits per heavy atom. The van der Waals surface area contributed by atoms with Gasteiger partial charge in [-0.15, -0.1) is 0 Å². The van der Waals surface area contributed by atoms with E-state index in [1.165, 1.54) is 128 Å². The minimum Gasteiger partial charge on any atom is -0.394 e. The fourth-order valence-corrected chi connectivity index (χ4v) is 7.86. The van der Waals surface area contributed by atoms with Crippen molar-refractivity contribution in [3.63, 3.8) is 0 Å². The molecule has 11 nitrogen and oxygen atoms in total. The van der Waals surface area contributed by atoms with Crippen LogP contribution in [0.25, 0.3) is 0 Å². The number of aliphatic hydroxyl groups excluding tert-OH is 7. The van der Waals surface area contributed by atoms with Crippen molar-refractivity contribution in [3.05, 3.63) is 0 Å². The van der Waals surface area contributed by atoms with Gasteiger partial charge in [-0.2, -0.15) is 0 Å². The minimum absolute atomic E-state index is 0.265. The summed E-state index contributed by atoms with van der Waals surface area (Å²) in [7, 11) is 0. The second-order valence-electron chi connectivity index (χ2n) is 17.7. The van der Waals surface area contributed by atoms with Gasteiger partial charge in [0, 0.05) is 0 Å². The van der Waals surface area contributed by atoms with Gasteiger partial charge < -0.3 is 50.5 Å². The Morgan fingerprint density at radius 3 is 1.40 bits per heavy atom. The average molecular weight is 818 g/mol. The molecule has 0 radical (unpaired) electrons. The molecule has 1 amide bonds. The molecule has 0 spiro atoms. The maximum atomic E-state index is 13.1. The van der Waals surface area contributed by atoms with Gasteiger partial charge >= 0.3 is 0 Å². The van der Waals surface area contributed by atoms with E-state index in [-0.39, 0.29) is 6.42 Å². The first-order valence-electron chi connectivity index (χ1n) is 23.8. The fraction of sp³-hybridized carbons (Fsp3) is 0.978. The van der Waals surface area contributed by atoms with E-state index in [9.17, 15) is 40.5 Å². The number of aliphatic hydroxyl groups is 7. The predicted molar refractivity (Wildman–Crippen MR) is 229 cm³/mol. The van der Waals surface area contributed by atoms with Crippen molar-refractivity contribution in [3.8, 4) is 0 Å². The van der Waals surface area contributed by atoms with Crippen molar-refractivity contribution in [2.24, 2.45) is 5.92 Å². The van der Waals surface area contributed by atoms with E-state index in [1.54, 1.807) is 0 Å². The Bertz CT molecular complexity index is 910. The number of ether oxygens (including phenoxy) is 2. The number of unbranched alkanes of at least 4 members (excludes halogenated alkanes) is 25. The third-order valence-electron chi connectivity index (χ3n) is 11.8. The van der Waals surface area contributed by atoms with Crippen molar-refractivity contribution in [2.45, 2.75) is 268 Å².